The second-order valence-electron chi connectivity index (χ2n) is 8.81. The monoisotopic (exact) mass is 389 g/mol. The Balaban J connectivity index is 1.56. The SMILES string of the molecule is Cc1cccc(-c2noc(C3CCCN3C(=O)c3ccc(C(C)(C)C)cc3)n2)c1. The van der Waals surface area contributed by atoms with Crippen molar-refractivity contribution in [3.05, 3.63) is 71.1 Å². The molecule has 0 N–H and O–H groups in total. The van der Waals surface area contributed by atoms with Gasteiger partial charge in [0.1, 0.15) is 6.04 Å². The number of benzene rings is 2. The number of hydrogen-bond acceptors (Lipinski definition) is 4. The van der Waals surface area contributed by atoms with E-state index in [9.17, 15) is 4.79 Å². The molecule has 29 heavy (non-hydrogen) atoms. The molecule has 0 aliphatic carbocycles. The minimum absolute atomic E-state index is 0.0169. The fourth-order valence-electron chi connectivity index (χ4n) is 3.82. The highest BCUT2D eigenvalue weighted by Gasteiger charge is 2.34. The van der Waals surface area contributed by atoms with Gasteiger partial charge in [-0.25, -0.2) is 0 Å². The predicted molar refractivity (Wildman–Crippen MR) is 113 cm³/mol. The number of hydrogen-bond donors (Lipinski definition) is 0. The van der Waals surface area contributed by atoms with Crippen molar-refractivity contribution >= 4 is 5.91 Å². The molecular weight excluding hydrogens is 362 g/mol. The van der Waals surface area contributed by atoms with Gasteiger partial charge < -0.3 is 9.42 Å². The van der Waals surface area contributed by atoms with Gasteiger partial charge in [0.25, 0.3) is 5.91 Å². The van der Waals surface area contributed by atoms with E-state index in [2.05, 4.69) is 30.9 Å². The Morgan fingerprint density at radius 1 is 1.14 bits per heavy atom. The average Bonchev–Trinajstić information content (AvgIpc) is 3.36. The third-order valence-corrected chi connectivity index (χ3v) is 5.51. The van der Waals surface area contributed by atoms with Crippen molar-refractivity contribution in [3.8, 4) is 11.4 Å². The Labute approximate surface area is 171 Å². The maximum Gasteiger partial charge on any atom is 0.254 e. The van der Waals surface area contributed by atoms with Gasteiger partial charge in [-0.1, -0.05) is 61.8 Å². The van der Waals surface area contributed by atoms with Crippen molar-refractivity contribution in [1.29, 1.82) is 0 Å². The first-order valence-corrected chi connectivity index (χ1v) is 10.1. The van der Waals surface area contributed by atoms with Crippen molar-refractivity contribution in [3.63, 3.8) is 0 Å². The van der Waals surface area contributed by atoms with Gasteiger partial charge in [0.2, 0.25) is 11.7 Å². The van der Waals surface area contributed by atoms with Gasteiger partial charge >= 0.3 is 0 Å². The van der Waals surface area contributed by atoms with Crippen LogP contribution in [-0.2, 0) is 5.41 Å². The number of carbonyl (C=O) groups excluding carboxylic acids is 1. The molecule has 150 valence electrons. The molecule has 0 spiro atoms. The molecule has 1 aliphatic heterocycles. The Kier molecular flexibility index (Phi) is 4.99. The summed E-state index contributed by atoms with van der Waals surface area (Å²) in [6.45, 7) is 9.24. The molecule has 0 bridgehead atoms. The van der Waals surface area contributed by atoms with E-state index >= 15 is 0 Å². The molecule has 4 rings (SSSR count). The lowest BCUT2D eigenvalue weighted by Gasteiger charge is -2.23. The number of aromatic nitrogens is 2. The molecule has 1 unspecified atom stereocenters. The fourth-order valence-corrected chi connectivity index (χ4v) is 3.82. The highest BCUT2D eigenvalue weighted by Crippen LogP contribution is 2.33. The molecule has 3 aromatic rings. The molecule has 1 atom stereocenters. The van der Waals surface area contributed by atoms with Gasteiger partial charge in [-0.2, -0.15) is 4.98 Å². The van der Waals surface area contributed by atoms with Gasteiger partial charge in [-0.3, -0.25) is 4.79 Å². The normalized spacial score (nSPS) is 17.0. The van der Waals surface area contributed by atoms with E-state index in [1.54, 1.807) is 0 Å². The second kappa shape index (κ2) is 7.47. The second-order valence-corrected chi connectivity index (χ2v) is 8.81. The summed E-state index contributed by atoms with van der Waals surface area (Å²) in [5.74, 6) is 1.10. The Bertz CT molecular complexity index is 1020. The van der Waals surface area contributed by atoms with Gasteiger partial charge in [0, 0.05) is 17.7 Å². The van der Waals surface area contributed by atoms with Crippen molar-refractivity contribution in [2.24, 2.45) is 0 Å². The summed E-state index contributed by atoms with van der Waals surface area (Å²) in [6, 6.07) is 15.8. The van der Waals surface area contributed by atoms with E-state index in [0.29, 0.717) is 23.8 Å². The first-order chi connectivity index (χ1) is 13.8. The standard InChI is InChI=1S/C24H27N3O2/c1-16-7-5-8-18(15-16)21-25-22(29-26-21)20-9-6-14-27(20)23(28)17-10-12-19(13-11-17)24(2,3)4/h5,7-8,10-13,15,20H,6,9,14H2,1-4H3. The van der Waals surface area contributed by atoms with Gasteiger partial charge in [0.05, 0.1) is 0 Å². The van der Waals surface area contributed by atoms with Crippen LogP contribution in [0.3, 0.4) is 0 Å². The van der Waals surface area contributed by atoms with Crippen molar-refractivity contribution in [2.45, 2.75) is 52.0 Å². The molecule has 2 aromatic carbocycles. The fraction of sp³-hybridized carbons (Fsp3) is 0.375. The summed E-state index contributed by atoms with van der Waals surface area (Å²) < 4.78 is 5.57. The minimum atomic E-state index is -0.171. The van der Waals surface area contributed by atoms with Crippen LogP contribution in [0.1, 0.15) is 67.0 Å². The Morgan fingerprint density at radius 2 is 1.90 bits per heavy atom. The molecule has 1 aromatic heterocycles. The van der Waals surface area contributed by atoms with Crippen LogP contribution in [0.5, 0.6) is 0 Å². The Hall–Kier alpha value is -2.95. The van der Waals surface area contributed by atoms with Crippen molar-refractivity contribution < 1.29 is 9.32 Å². The molecule has 0 saturated carbocycles. The zero-order chi connectivity index (χ0) is 20.6. The van der Waals surface area contributed by atoms with Crippen LogP contribution in [0.15, 0.2) is 53.1 Å². The van der Waals surface area contributed by atoms with Crippen LogP contribution >= 0.6 is 0 Å². The largest absolute Gasteiger partial charge is 0.337 e. The number of rotatable bonds is 3. The van der Waals surface area contributed by atoms with E-state index in [0.717, 1.165) is 24.0 Å². The molecule has 1 amide bonds. The van der Waals surface area contributed by atoms with Crippen LogP contribution in [-0.4, -0.2) is 27.5 Å². The summed E-state index contributed by atoms with van der Waals surface area (Å²) >= 11 is 0. The van der Waals surface area contributed by atoms with Crippen molar-refractivity contribution in [1.82, 2.24) is 15.0 Å². The molecule has 5 heteroatoms. The summed E-state index contributed by atoms with van der Waals surface area (Å²) in [4.78, 5) is 19.6. The smallest absolute Gasteiger partial charge is 0.254 e. The summed E-state index contributed by atoms with van der Waals surface area (Å²) in [5.41, 5.74) is 4.04. The zero-order valence-electron chi connectivity index (χ0n) is 17.5. The van der Waals surface area contributed by atoms with E-state index in [1.165, 1.54) is 5.56 Å². The lowest BCUT2D eigenvalue weighted by molar-refractivity contribution is 0.0710. The third kappa shape index (κ3) is 3.95. The third-order valence-electron chi connectivity index (χ3n) is 5.51. The predicted octanol–water partition coefficient (Wildman–Crippen LogP) is 5.32. The molecule has 1 aliphatic rings. The first-order valence-electron chi connectivity index (χ1n) is 10.1. The van der Waals surface area contributed by atoms with Gasteiger partial charge in [-0.05, 0) is 48.9 Å². The minimum Gasteiger partial charge on any atom is -0.337 e. The maximum absolute atomic E-state index is 13.1. The number of nitrogens with zero attached hydrogens (tertiary/aromatic N) is 3. The number of carbonyl (C=O) groups is 1. The molecule has 0 radical (unpaired) electrons. The van der Waals surface area contributed by atoms with Crippen LogP contribution in [0, 0.1) is 6.92 Å². The maximum atomic E-state index is 13.1. The summed E-state index contributed by atoms with van der Waals surface area (Å²) in [5, 5.41) is 4.15. The van der Waals surface area contributed by atoms with E-state index in [1.807, 2.05) is 60.4 Å². The van der Waals surface area contributed by atoms with Gasteiger partial charge in [-0.15, -0.1) is 0 Å². The number of likely N-dealkylation sites (tertiary alicyclic amines) is 1. The van der Waals surface area contributed by atoms with Crippen molar-refractivity contribution in [2.75, 3.05) is 6.54 Å². The Morgan fingerprint density at radius 3 is 2.59 bits per heavy atom. The zero-order valence-corrected chi connectivity index (χ0v) is 17.5. The van der Waals surface area contributed by atoms with Crippen LogP contribution < -0.4 is 0 Å². The topological polar surface area (TPSA) is 59.2 Å². The molecule has 5 nitrogen and oxygen atoms in total. The highest BCUT2D eigenvalue weighted by atomic mass is 16.5. The molecule has 1 saturated heterocycles. The number of amides is 1. The summed E-state index contributed by atoms with van der Waals surface area (Å²) in [7, 11) is 0. The van der Waals surface area contributed by atoms with E-state index in [4.69, 9.17) is 4.52 Å². The van der Waals surface area contributed by atoms with E-state index in [-0.39, 0.29) is 17.4 Å². The van der Waals surface area contributed by atoms with Gasteiger partial charge in [0.15, 0.2) is 0 Å². The lowest BCUT2D eigenvalue weighted by Crippen LogP contribution is -2.30. The van der Waals surface area contributed by atoms with E-state index < -0.39 is 0 Å². The van der Waals surface area contributed by atoms with Crippen LogP contribution in [0.25, 0.3) is 11.4 Å². The molecule has 1 fully saturated rings. The van der Waals surface area contributed by atoms with Crippen LogP contribution in [0.4, 0.5) is 0 Å². The summed E-state index contributed by atoms with van der Waals surface area (Å²) in [6.07, 6.45) is 1.76. The molecule has 2 heterocycles. The number of aryl methyl sites for hydroxylation is 1. The lowest BCUT2D eigenvalue weighted by atomic mass is 9.86. The highest BCUT2D eigenvalue weighted by molar-refractivity contribution is 5.94. The van der Waals surface area contributed by atoms with Crippen LogP contribution in [0.2, 0.25) is 0 Å². The quantitative estimate of drug-likeness (QED) is 0.608. The molecular formula is C24H27N3O2. The average molecular weight is 389 g/mol. The first kappa shape index (κ1) is 19.4.